The molecule has 0 spiro atoms. The van der Waals surface area contributed by atoms with Crippen molar-refractivity contribution in [1.82, 2.24) is 0 Å². The van der Waals surface area contributed by atoms with Crippen molar-refractivity contribution in [2.24, 2.45) is 11.7 Å². The van der Waals surface area contributed by atoms with Gasteiger partial charge in [0.2, 0.25) is 0 Å². The minimum absolute atomic E-state index is 0.0130. The van der Waals surface area contributed by atoms with E-state index in [1.165, 1.54) is 0 Å². The average Bonchev–Trinajstić information content (AvgIpc) is 2.35. The van der Waals surface area contributed by atoms with Crippen LogP contribution in [-0.4, -0.2) is 23.2 Å². The van der Waals surface area contributed by atoms with Crippen molar-refractivity contribution in [3.63, 3.8) is 0 Å². The number of hydrogen-bond donors (Lipinski definition) is 1. The zero-order valence-corrected chi connectivity index (χ0v) is 14.1. The molecule has 0 fully saturated rings. The highest BCUT2D eigenvalue weighted by Crippen LogP contribution is 2.23. The number of thiocarbonyl (C=S) groups is 1. The molecule has 1 aromatic rings. The van der Waals surface area contributed by atoms with E-state index in [2.05, 4.69) is 0 Å². The van der Waals surface area contributed by atoms with Crippen LogP contribution in [-0.2, 0) is 9.53 Å². The summed E-state index contributed by atoms with van der Waals surface area (Å²) in [5, 5.41) is 0.165. The molecule has 0 aliphatic heterocycles. The molecule has 1 rings (SSSR count). The van der Waals surface area contributed by atoms with Gasteiger partial charge in [0.15, 0.2) is 5.11 Å². The summed E-state index contributed by atoms with van der Waals surface area (Å²) in [6.07, 6.45) is -0.176. The summed E-state index contributed by atoms with van der Waals surface area (Å²) in [6, 6.07) is 7.21. The lowest BCUT2D eigenvalue weighted by molar-refractivity contribution is -0.149. The second kappa shape index (κ2) is 7.41. The van der Waals surface area contributed by atoms with Gasteiger partial charge < -0.3 is 15.4 Å². The Morgan fingerprint density at radius 2 is 1.71 bits per heavy atom. The first-order valence-electron chi connectivity index (χ1n) is 7.09. The standard InChI is InChI=1S/C16H24N2O2S/c1-10(2)14(15(19)20-11(3)4)18(16(17)21)13-8-6-12(5)7-9-13/h6-11,14H,1-5H3,(H2,17,21). The van der Waals surface area contributed by atoms with Gasteiger partial charge in [-0.05, 0) is 51.0 Å². The topological polar surface area (TPSA) is 55.6 Å². The number of esters is 1. The number of hydrogen-bond acceptors (Lipinski definition) is 3. The fourth-order valence-corrected chi connectivity index (χ4v) is 2.33. The van der Waals surface area contributed by atoms with Crippen molar-refractivity contribution in [3.05, 3.63) is 29.8 Å². The molecule has 0 aliphatic carbocycles. The van der Waals surface area contributed by atoms with E-state index in [0.717, 1.165) is 11.3 Å². The van der Waals surface area contributed by atoms with Crippen LogP contribution in [0.4, 0.5) is 5.69 Å². The fourth-order valence-electron chi connectivity index (χ4n) is 2.11. The lowest BCUT2D eigenvalue weighted by Crippen LogP contribution is -2.51. The minimum atomic E-state index is -0.535. The largest absolute Gasteiger partial charge is 0.461 e. The first-order chi connectivity index (χ1) is 9.73. The number of aryl methyl sites for hydroxylation is 1. The summed E-state index contributed by atoms with van der Waals surface area (Å²) in [7, 11) is 0. The molecule has 0 aliphatic rings. The second-order valence-corrected chi connectivity index (χ2v) is 6.14. The van der Waals surface area contributed by atoms with Gasteiger partial charge in [-0.15, -0.1) is 0 Å². The SMILES string of the molecule is Cc1ccc(N(C(N)=S)C(C(=O)OC(C)C)C(C)C)cc1. The first-order valence-corrected chi connectivity index (χ1v) is 7.50. The van der Waals surface area contributed by atoms with Crippen LogP contribution in [0.5, 0.6) is 0 Å². The number of anilines is 1. The quantitative estimate of drug-likeness (QED) is 0.669. The van der Waals surface area contributed by atoms with Crippen LogP contribution in [0, 0.1) is 12.8 Å². The third kappa shape index (κ3) is 4.70. The summed E-state index contributed by atoms with van der Waals surface area (Å²) in [6.45, 7) is 9.55. The Morgan fingerprint density at radius 1 is 1.19 bits per heavy atom. The number of ether oxygens (including phenoxy) is 1. The van der Waals surface area contributed by atoms with Crippen molar-refractivity contribution >= 4 is 29.0 Å². The third-order valence-electron chi connectivity index (χ3n) is 3.05. The molecule has 2 N–H and O–H groups in total. The molecule has 0 heterocycles. The number of carbonyl (C=O) groups excluding carboxylic acids is 1. The molecular weight excluding hydrogens is 284 g/mol. The van der Waals surface area contributed by atoms with Crippen molar-refractivity contribution in [2.45, 2.75) is 46.8 Å². The lowest BCUT2D eigenvalue weighted by Gasteiger charge is -2.33. The summed E-state index contributed by atoms with van der Waals surface area (Å²) in [5.74, 6) is -0.299. The van der Waals surface area contributed by atoms with Crippen LogP contribution in [0.3, 0.4) is 0 Å². The number of rotatable bonds is 5. The summed E-state index contributed by atoms with van der Waals surface area (Å²) < 4.78 is 5.35. The molecule has 1 unspecified atom stereocenters. The molecular formula is C16H24N2O2S. The normalized spacial score (nSPS) is 12.3. The molecule has 0 radical (unpaired) electrons. The molecule has 116 valence electrons. The van der Waals surface area contributed by atoms with Gasteiger partial charge in [0, 0.05) is 5.69 Å². The predicted molar refractivity (Wildman–Crippen MR) is 90.3 cm³/mol. The summed E-state index contributed by atoms with van der Waals surface area (Å²) in [4.78, 5) is 14.1. The van der Waals surface area contributed by atoms with Crippen LogP contribution in [0.25, 0.3) is 0 Å². The average molecular weight is 308 g/mol. The third-order valence-corrected chi connectivity index (χ3v) is 3.25. The first kappa shape index (κ1) is 17.4. The van der Waals surface area contributed by atoms with Crippen molar-refractivity contribution in [2.75, 3.05) is 4.90 Å². The fraction of sp³-hybridized carbons (Fsp3) is 0.500. The summed E-state index contributed by atoms with van der Waals surface area (Å²) >= 11 is 5.16. The van der Waals surface area contributed by atoms with Gasteiger partial charge in [0.1, 0.15) is 6.04 Å². The Morgan fingerprint density at radius 3 is 2.10 bits per heavy atom. The van der Waals surface area contributed by atoms with Crippen LogP contribution < -0.4 is 10.6 Å². The highest BCUT2D eigenvalue weighted by Gasteiger charge is 2.33. The monoisotopic (exact) mass is 308 g/mol. The number of nitrogens with two attached hydrogens (primary N) is 1. The van der Waals surface area contributed by atoms with E-state index in [-0.39, 0.29) is 23.1 Å². The van der Waals surface area contributed by atoms with Crippen LogP contribution in [0.1, 0.15) is 33.3 Å². The lowest BCUT2D eigenvalue weighted by atomic mass is 10.0. The second-order valence-electron chi connectivity index (χ2n) is 5.72. The van der Waals surface area contributed by atoms with E-state index in [1.54, 1.807) is 4.90 Å². The molecule has 5 heteroatoms. The van der Waals surface area contributed by atoms with Gasteiger partial charge in [-0.1, -0.05) is 31.5 Å². The Hall–Kier alpha value is -1.62. The van der Waals surface area contributed by atoms with E-state index < -0.39 is 6.04 Å². The van der Waals surface area contributed by atoms with Crippen LogP contribution in [0.2, 0.25) is 0 Å². The molecule has 0 saturated heterocycles. The maximum absolute atomic E-state index is 12.4. The Labute approximate surface area is 132 Å². The van der Waals surface area contributed by atoms with Crippen molar-refractivity contribution in [3.8, 4) is 0 Å². The van der Waals surface area contributed by atoms with Crippen LogP contribution >= 0.6 is 12.2 Å². The molecule has 0 bridgehead atoms. The highest BCUT2D eigenvalue weighted by atomic mass is 32.1. The Balaban J connectivity index is 3.18. The number of nitrogens with zero attached hydrogens (tertiary/aromatic N) is 1. The molecule has 21 heavy (non-hydrogen) atoms. The van der Waals surface area contributed by atoms with Gasteiger partial charge in [0.25, 0.3) is 0 Å². The predicted octanol–water partition coefficient (Wildman–Crippen LogP) is 3.02. The molecule has 1 atom stereocenters. The maximum atomic E-state index is 12.4. The zero-order valence-electron chi connectivity index (χ0n) is 13.3. The van der Waals surface area contributed by atoms with E-state index in [9.17, 15) is 4.79 Å². The van der Waals surface area contributed by atoms with Gasteiger partial charge in [-0.3, -0.25) is 0 Å². The molecule has 0 amide bonds. The van der Waals surface area contributed by atoms with E-state index >= 15 is 0 Å². The van der Waals surface area contributed by atoms with E-state index in [4.69, 9.17) is 22.7 Å². The smallest absolute Gasteiger partial charge is 0.329 e. The molecule has 1 aromatic carbocycles. The van der Waals surface area contributed by atoms with Crippen molar-refractivity contribution < 1.29 is 9.53 Å². The highest BCUT2D eigenvalue weighted by molar-refractivity contribution is 7.80. The van der Waals surface area contributed by atoms with Gasteiger partial charge >= 0.3 is 5.97 Å². The Bertz CT molecular complexity index is 498. The summed E-state index contributed by atoms with van der Waals surface area (Å²) in [5.41, 5.74) is 7.79. The van der Waals surface area contributed by atoms with E-state index in [0.29, 0.717) is 0 Å². The molecule has 4 nitrogen and oxygen atoms in total. The molecule has 0 aromatic heterocycles. The number of carbonyl (C=O) groups is 1. The van der Waals surface area contributed by atoms with Gasteiger partial charge in [-0.25, -0.2) is 4.79 Å². The molecule has 0 saturated carbocycles. The maximum Gasteiger partial charge on any atom is 0.329 e. The zero-order chi connectivity index (χ0) is 16.2. The van der Waals surface area contributed by atoms with Crippen molar-refractivity contribution in [1.29, 1.82) is 0 Å². The van der Waals surface area contributed by atoms with Gasteiger partial charge in [-0.2, -0.15) is 0 Å². The van der Waals surface area contributed by atoms with Crippen LogP contribution in [0.15, 0.2) is 24.3 Å². The van der Waals surface area contributed by atoms with E-state index in [1.807, 2.05) is 58.9 Å². The minimum Gasteiger partial charge on any atom is -0.461 e. The van der Waals surface area contributed by atoms with Gasteiger partial charge in [0.05, 0.1) is 6.10 Å². The Kier molecular flexibility index (Phi) is 6.15. The number of benzene rings is 1.